The zero-order chi connectivity index (χ0) is 13.9. The molecule has 3 N–H and O–H groups in total. The second kappa shape index (κ2) is 5.41. The molecule has 2 aromatic heterocycles. The number of aliphatic hydroxyl groups excluding tert-OH is 1. The second-order valence-corrected chi connectivity index (χ2v) is 4.86. The van der Waals surface area contributed by atoms with Crippen LogP contribution in [0.2, 0.25) is 0 Å². The van der Waals surface area contributed by atoms with Crippen LogP contribution in [0.3, 0.4) is 0 Å². The molecule has 0 unspecified atom stereocenters. The number of rotatable bonds is 5. The average Bonchev–Trinajstić information content (AvgIpc) is 2.96. The van der Waals surface area contributed by atoms with E-state index in [1.807, 2.05) is 6.07 Å². The lowest BCUT2D eigenvalue weighted by atomic mass is 9.82. The number of hydrogen-bond acceptors (Lipinski definition) is 7. The summed E-state index contributed by atoms with van der Waals surface area (Å²) in [5.41, 5.74) is 0. The van der Waals surface area contributed by atoms with E-state index in [9.17, 15) is 5.11 Å². The van der Waals surface area contributed by atoms with Gasteiger partial charge in [0.05, 0.1) is 6.10 Å². The third-order valence-electron chi connectivity index (χ3n) is 3.32. The lowest BCUT2D eigenvalue weighted by Crippen LogP contribution is -2.33. The molecule has 0 spiro atoms. The highest BCUT2D eigenvalue weighted by Gasteiger charge is 2.26. The van der Waals surface area contributed by atoms with Crippen molar-refractivity contribution in [3.8, 4) is 5.95 Å². The van der Waals surface area contributed by atoms with Gasteiger partial charge in [0, 0.05) is 26.0 Å². The molecular weight excluding hydrogens is 258 g/mol. The normalized spacial score (nSPS) is 21.3. The van der Waals surface area contributed by atoms with Gasteiger partial charge in [-0.15, -0.1) is 0 Å². The zero-order valence-electron chi connectivity index (χ0n) is 11.2. The summed E-state index contributed by atoms with van der Waals surface area (Å²) in [6, 6.07) is 1.81. The summed E-state index contributed by atoms with van der Waals surface area (Å²) in [7, 11) is 1.76. The van der Waals surface area contributed by atoms with Crippen molar-refractivity contribution < 1.29 is 5.11 Å². The Hall–Kier alpha value is -2.22. The van der Waals surface area contributed by atoms with E-state index in [4.69, 9.17) is 0 Å². The highest BCUT2D eigenvalue weighted by Crippen LogP contribution is 2.27. The maximum absolute atomic E-state index is 9.28. The van der Waals surface area contributed by atoms with Gasteiger partial charge in [-0.05, 0) is 24.8 Å². The van der Waals surface area contributed by atoms with Gasteiger partial charge in [0.25, 0.3) is 5.95 Å². The maximum Gasteiger partial charge on any atom is 0.257 e. The fraction of sp³-hybridized carbons (Fsp3) is 0.500. The molecule has 8 nitrogen and oxygen atoms in total. The molecule has 0 radical (unpaired) electrons. The van der Waals surface area contributed by atoms with Crippen molar-refractivity contribution in [2.75, 3.05) is 24.2 Å². The van der Waals surface area contributed by atoms with Crippen molar-refractivity contribution in [1.29, 1.82) is 0 Å². The van der Waals surface area contributed by atoms with E-state index in [0.717, 1.165) is 19.4 Å². The second-order valence-electron chi connectivity index (χ2n) is 4.86. The van der Waals surface area contributed by atoms with Gasteiger partial charge in [-0.1, -0.05) is 0 Å². The molecule has 2 heterocycles. The lowest BCUT2D eigenvalue weighted by molar-refractivity contribution is 0.0486. The highest BCUT2D eigenvalue weighted by atomic mass is 16.3. The predicted molar refractivity (Wildman–Crippen MR) is 73.7 cm³/mol. The molecule has 1 aliphatic carbocycles. The molecule has 8 heteroatoms. The Kier molecular flexibility index (Phi) is 3.46. The molecule has 0 aromatic carbocycles. The van der Waals surface area contributed by atoms with Crippen molar-refractivity contribution in [1.82, 2.24) is 24.7 Å². The molecule has 0 saturated heterocycles. The van der Waals surface area contributed by atoms with E-state index in [1.165, 1.54) is 0 Å². The summed E-state index contributed by atoms with van der Waals surface area (Å²) >= 11 is 0. The first-order valence-corrected chi connectivity index (χ1v) is 6.60. The molecule has 106 valence electrons. The number of nitrogens with zero attached hydrogens (tertiary/aromatic N) is 5. The van der Waals surface area contributed by atoms with Crippen LogP contribution in [0.4, 0.5) is 11.9 Å². The van der Waals surface area contributed by atoms with Gasteiger partial charge >= 0.3 is 0 Å². The number of anilines is 2. The molecule has 3 rings (SSSR count). The Bertz CT molecular complexity index is 565. The van der Waals surface area contributed by atoms with E-state index in [-0.39, 0.29) is 6.10 Å². The molecule has 0 aliphatic heterocycles. The standard InChI is InChI=1S/C12H17N7O/c1-13-10-16-11(14-7-8-5-9(20)6-8)18-12(17-10)19-4-2-3-15-19/h2-4,8-9,20H,5-7H2,1H3,(H2,13,14,16,17,18). The van der Waals surface area contributed by atoms with Crippen molar-refractivity contribution >= 4 is 11.9 Å². The van der Waals surface area contributed by atoms with Crippen LogP contribution in [0.5, 0.6) is 0 Å². The summed E-state index contributed by atoms with van der Waals surface area (Å²) in [5, 5.41) is 19.5. The van der Waals surface area contributed by atoms with Gasteiger partial charge in [-0.25, -0.2) is 4.68 Å². The van der Waals surface area contributed by atoms with E-state index >= 15 is 0 Å². The first-order valence-electron chi connectivity index (χ1n) is 6.60. The Morgan fingerprint density at radius 1 is 1.30 bits per heavy atom. The SMILES string of the molecule is CNc1nc(NCC2CC(O)C2)nc(-n2cccn2)n1. The Balaban J connectivity index is 1.74. The Labute approximate surface area is 116 Å². The van der Waals surface area contributed by atoms with Crippen LogP contribution in [0.15, 0.2) is 18.5 Å². The molecule has 1 saturated carbocycles. The molecular formula is C12H17N7O. The Morgan fingerprint density at radius 2 is 2.10 bits per heavy atom. The van der Waals surface area contributed by atoms with Gasteiger partial charge in [0.15, 0.2) is 0 Å². The number of aliphatic hydroxyl groups is 1. The summed E-state index contributed by atoms with van der Waals surface area (Å²) in [5.74, 6) is 1.94. The molecule has 1 aliphatic rings. The Morgan fingerprint density at radius 3 is 2.75 bits per heavy atom. The van der Waals surface area contributed by atoms with Crippen molar-refractivity contribution in [3.63, 3.8) is 0 Å². The van der Waals surface area contributed by atoms with Crippen molar-refractivity contribution in [3.05, 3.63) is 18.5 Å². The molecule has 0 atom stereocenters. The van der Waals surface area contributed by atoms with Gasteiger partial charge in [0.1, 0.15) is 0 Å². The smallest absolute Gasteiger partial charge is 0.257 e. The van der Waals surface area contributed by atoms with Crippen LogP contribution in [-0.2, 0) is 0 Å². The topological polar surface area (TPSA) is 101 Å². The highest BCUT2D eigenvalue weighted by molar-refractivity contribution is 5.37. The van der Waals surface area contributed by atoms with E-state index in [2.05, 4.69) is 30.7 Å². The summed E-state index contributed by atoms with van der Waals surface area (Å²) in [6.45, 7) is 0.753. The molecule has 2 aromatic rings. The van der Waals surface area contributed by atoms with Crippen LogP contribution >= 0.6 is 0 Å². The van der Waals surface area contributed by atoms with Gasteiger partial charge < -0.3 is 15.7 Å². The number of hydrogen-bond donors (Lipinski definition) is 3. The lowest BCUT2D eigenvalue weighted by Gasteiger charge is -2.31. The van der Waals surface area contributed by atoms with Crippen molar-refractivity contribution in [2.24, 2.45) is 5.92 Å². The van der Waals surface area contributed by atoms with Crippen LogP contribution in [0.25, 0.3) is 5.95 Å². The third kappa shape index (κ3) is 2.69. The van der Waals surface area contributed by atoms with Gasteiger partial charge in [-0.2, -0.15) is 20.1 Å². The first kappa shape index (κ1) is 12.8. The average molecular weight is 275 g/mol. The summed E-state index contributed by atoms with van der Waals surface area (Å²) in [4.78, 5) is 12.9. The zero-order valence-corrected chi connectivity index (χ0v) is 11.2. The van der Waals surface area contributed by atoms with E-state index < -0.39 is 0 Å². The van der Waals surface area contributed by atoms with E-state index in [0.29, 0.717) is 23.8 Å². The van der Waals surface area contributed by atoms with Crippen LogP contribution in [0.1, 0.15) is 12.8 Å². The van der Waals surface area contributed by atoms with Crippen LogP contribution in [0, 0.1) is 5.92 Å². The fourth-order valence-electron chi connectivity index (χ4n) is 2.15. The minimum absolute atomic E-state index is 0.146. The van der Waals surface area contributed by atoms with Gasteiger partial charge in [0.2, 0.25) is 11.9 Å². The third-order valence-corrected chi connectivity index (χ3v) is 3.32. The molecule has 1 fully saturated rings. The molecule has 0 amide bonds. The van der Waals surface area contributed by atoms with Crippen LogP contribution < -0.4 is 10.6 Å². The maximum atomic E-state index is 9.28. The summed E-state index contributed by atoms with van der Waals surface area (Å²) < 4.78 is 1.58. The number of nitrogens with one attached hydrogen (secondary N) is 2. The molecule has 0 bridgehead atoms. The molecule has 20 heavy (non-hydrogen) atoms. The quantitative estimate of drug-likeness (QED) is 0.720. The minimum atomic E-state index is -0.146. The van der Waals surface area contributed by atoms with Gasteiger partial charge in [-0.3, -0.25) is 0 Å². The fourth-order valence-corrected chi connectivity index (χ4v) is 2.15. The summed E-state index contributed by atoms with van der Waals surface area (Å²) in [6.07, 6.45) is 4.98. The minimum Gasteiger partial charge on any atom is -0.393 e. The first-order chi connectivity index (χ1) is 9.74. The largest absolute Gasteiger partial charge is 0.393 e. The predicted octanol–water partition coefficient (Wildman–Crippen LogP) is 0.282. The number of aromatic nitrogens is 5. The monoisotopic (exact) mass is 275 g/mol. The van der Waals surface area contributed by atoms with E-state index in [1.54, 1.807) is 24.1 Å². The van der Waals surface area contributed by atoms with Crippen molar-refractivity contribution in [2.45, 2.75) is 18.9 Å². The van der Waals surface area contributed by atoms with Crippen LogP contribution in [-0.4, -0.2) is 49.5 Å².